The van der Waals surface area contributed by atoms with E-state index in [1.165, 1.54) is 7.11 Å². The van der Waals surface area contributed by atoms with Gasteiger partial charge in [0.1, 0.15) is 0 Å². The number of carbonyl (C=O) groups excluding carboxylic acids is 1. The van der Waals surface area contributed by atoms with Crippen molar-refractivity contribution in [1.29, 1.82) is 0 Å². The summed E-state index contributed by atoms with van der Waals surface area (Å²) in [5.41, 5.74) is 6.17. The predicted octanol–water partition coefficient (Wildman–Crippen LogP) is 2.15. The molecule has 15 heavy (non-hydrogen) atoms. The highest BCUT2D eigenvalue weighted by Gasteiger charge is 2.11. The van der Waals surface area contributed by atoms with E-state index in [0.717, 1.165) is 15.0 Å². The first-order chi connectivity index (χ1) is 7.26. The van der Waals surface area contributed by atoms with Crippen molar-refractivity contribution in [3.63, 3.8) is 0 Å². The number of rotatable bonds is 2. The summed E-state index contributed by atoms with van der Waals surface area (Å²) >= 11 is 1.61. The van der Waals surface area contributed by atoms with Gasteiger partial charge in [0.05, 0.1) is 12.7 Å². The van der Waals surface area contributed by atoms with Crippen LogP contribution in [0.4, 0.5) is 0 Å². The molecule has 2 rings (SSSR count). The normalized spacial score (nSPS) is 10.5. The van der Waals surface area contributed by atoms with Crippen LogP contribution in [-0.4, -0.2) is 13.1 Å². The molecule has 0 aliphatic carbocycles. The zero-order valence-corrected chi connectivity index (χ0v) is 9.14. The summed E-state index contributed by atoms with van der Waals surface area (Å²) in [6.45, 7) is 0.500. The van der Waals surface area contributed by atoms with Crippen LogP contribution in [0.15, 0.2) is 24.3 Å². The number of thiophene rings is 1. The van der Waals surface area contributed by atoms with Crippen molar-refractivity contribution in [1.82, 2.24) is 0 Å². The van der Waals surface area contributed by atoms with Crippen molar-refractivity contribution in [2.75, 3.05) is 7.11 Å². The number of carbonyl (C=O) groups is 1. The zero-order valence-electron chi connectivity index (χ0n) is 8.32. The second-order valence-electron chi connectivity index (χ2n) is 3.13. The largest absolute Gasteiger partial charge is 0.465 e. The van der Waals surface area contributed by atoms with E-state index in [0.29, 0.717) is 12.1 Å². The van der Waals surface area contributed by atoms with Gasteiger partial charge >= 0.3 is 5.97 Å². The Labute approximate surface area is 91.5 Å². The van der Waals surface area contributed by atoms with Crippen LogP contribution in [0, 0.1) is 0 Å². The van der Waals surface area contributed by atoms with Crippen LogP contribution in [0.3, 0.4) is 0 Å². The molecule has 0 aliphatic heterocycles. The van der Waals surface area contributed by atoms with Crippen LogP contribution >= 0.6 is 11.3 Å². The Morgan fingerprint density at radius 1 is 1.53 bits per heavy atom. The summed E-state index contributed by atoms with van der Waals surface area (Å²) in [5, 5.41) is 0.926. The molecule has 1 heterocycles. The minimum absolute atomic E-state index is 0.304. The van der Waals surface area contributed by atoms with Crippen LogP contribution < -0.4 is 5.73 Å². The average Bonchev–Trinajstić information content (AvgIpc) is 2.70. The maximum absolute atomic E-state index is 11.5. The number of benzene rings is 1. The fourth-order valence-electron chi connectivity index (χ4n) is 1.50. The Morgan fingerprint density at radius 3 is 3.00 bits per heavy atom. The van der Waals surface area contributed by atoms with E-state index in [4.69, 9.17) is 10.5 Å². The topological polar surface area (TPSA) is 52.3 Å². The fraction of sp³-hybridized carbons (Fsp3) is 0.182. The highest BCUT2D eigenvalue weighted by molar-refractivity contribution is 7.19. The lowest BCUT2D eigenvalue weighted by Gasteiger charge is -1.99. The number of hydrogen-bond acceptors (Lipinski definition) is 4. The van der Waals surface area contributed by atoms with Gasteiger partial charge in [0.2, 0.25) is 0 Å². The molecule has 0 saturated carbocycles. The molecule has 0 atom stereocenters. The molecule has 0 radical (unpaired) electrons. The van der Waals surface area contributed by atoms with Gasteiger partial charge in [0, 0.05) is 21.5 Å². The monoisotopic (exact) mass is 221 g/mol. The molecule has 0 amide bonds. The molecule has 4 heteroatoms. The van der Waals surface area contributed by atoms with Gasteiger partial charge in [-0.1, -0.05) is 6.07 Å². The van der Waals surface area contributed by atoms with Gasteiger partial charge in [-0.3, -0.25) is 0 Å². The van der Waals surface area contributed by atoms with Gasteiger partial charge < -0.3 is 10.5 Å². The highest BCUT2D eigenvalue weighted by Crippen LogP contribution is 2.28. The molecular formula is C11H11NO2S. The Hall–Kier alpha value is -1.39. The molecule has 3 nitrogen and oxygen atoms in total. The fourth-order valence-corrected chi connectivity index (χ4v) is 2.47. The average molecular weight is 221 g/mol. The SMILES string of the molecule is COC(=O)c1cccc2sc(CN)cc12. The first-order valence-electron chi connectivity index (χ1n) is 4.56. The quantitative estimate of drug-likeness (QED) is 0.790. The second-order valence-corrected chi connectivity index (χ2v) is 4.29. The summed E-state index contributed by atoms with van der Waals surface area (Å²) < 4.78 is 5.79. The standard InChI is InChI=1S/C11H11NO2S/c1-14-11(13)8-3-2-4-10-9(8)5-7(6-12)15-10/h2-5H,6,12H2,1H3. The first kappa shape index (κ1) is 10.1. The molecule has 78 valence electrons. The smallest absolute Gasteiger partial charge is 0.338 e. The molecule has 0 spiro atoms. The molecule has 0 saturated heterocycles. The van der Waals surface area contributed by atoms with E-state index in [9.17, 15) is 4.79 Å². The molecule has 1 aromatic carbocycles. The number of hydrogen-bond donors (Lipinski definition) is 1. The third-order valence-corrected chi connectivity index (χ3v) is 3.34. The van der Waals surface area contributed by atoms with Crippen LogP contribution in [0.2, 0.25) is 0 Å². The summed E-state index contributed by atoms with van der Waals surface area (Å²) in [4.78, 5) is 12.5. The number of esters is 1. The number of fused-ring (bicyclic) bond motifs is 1. The molecular weight excluding hydrogens is 210 g/mol. The van der Waals surface area contributed by atoms with Crippen LogP contribution in [-0.2, 0) is 11.3 Å². The Bertz CT molecular complexity index is 504. The van der Waals surface area contributed by atoms with Crippen molar-refractivity contribution in [3.8, 4) is 0 Å². The molecule has 0 fully saturated rings. The minimum atomic E-state index is -0.304. The lowest BCUT2D eigenvalue weighted by molar-refractivity contribution is 0.0603. The molecule has 2 N–H and O–H groups in total. The number of ether oxygens (including phenoxy) is 1. The molecule has 0 aliphatic rings. The van der Waals surface area contributed by atoms with Gasteiger partial charge in [-0.15, -0.1) is 11.3 Å². The van der Waals surface area contributed by atoms with Crippen LogP contribution in [0.1, 0.15) is 15.2 Å². The summed E-state index contributed by atoms with van der Waals surface area (Å²) in [5.74, 6) is -0.304. The predicted molar refractivity (Wildman–Crippen MR) is 61.1 cm³/mol. The second kappa shape index (κ2) is 4.00. The minimum Gasteiger partial charge on any atom is -0.465 e. The lowest BCUT2D eigenvalue weighted by Crippen LogP contribution is -2.00. The molecule has 0 bridgehead atoms. The van der Waals surface area contributed by atoms with Gasteiger partial charge in [0.25, 0.3) is 0 Å². The van der Waals surface area contributed by atoms with Gasteiger partial charge in [-0.05, 0) is 18.2 Å². The summed E-state index contributed by atoms with van der Waals surface area (Å²) in [7, 11) is 1.39. The lowest BCUT2D eigenvalue weighted by atomic mass is 10.1. The first-order valence-corrected chi connectivity index (χ1v) is 5.37. The van der Waals surface area contributed by atoms with Crippen molar-refractivity contribution >= 4 is 27.4 Å². The Morgan fingerprint density at radius 2 is 2.33 bits per heavy atom. The van der Waals surface area contributed by atoms with E-state index in [1.807, 2.05) is 18.2 Å². The van der Waals surface area contributed by atoms with Crippen LogP contribution in [0.5, 0.6) is 0 Å². The third-order valence-electron chi connectivity index (χ3n) is 2.22. The van der Waals surface area contributed by atoms with E-state index in [-0.39, 0.29) is 5.97 Å². The molecule has 0 unspecified atom stereocenters. The van der Waals surface area contributed by atoms with Crippen molar-refractivity contribution < 1.29 is 9.53 Å². The summed E-state index contributed by atoms with van der Waals surface area (Å²) in [6, 6.07) is 7.55. The van der Waals surface area contributed by atoms with Gasteiger partial charge in [0.15, 0.2) is 0 Å². The van der Waals surface area contributed by atoms with E-state index >= 15 is 0 Å². The molecule has 2 aromatic rings. The molecule has 1 aromatic heterocycles. The van der Waals surface area contributed by atoms with Gasteiger partial charge in [-0.25, -0.2) is 4.79 Å². The highest BCUT2D eigenvalue weighted by atomic mass is 32.1. The van der Waals surface area contributed by atoms with Crippen molar-refractivity contribution in [2.24, 2.45) is 5.73 Å². The van der Waals surface area contributed by atoms with E-state index in [2.05, 4.69) is 0 Å². The zero-order chi connectivity index (χ0) is 10.8. The number of nitrogens with two attached hydrogens (primary N) is 1. The Kier molecular flexibility index (Phi) is 2.70. The Balaban J connectivity index is 2.64. The summed E-state index contributed by atoms with van der Waals surface area (Å²) in [6.07, 6.45) is 0. The van der Waals surface area contributed by atoms with Gasteiger partial charge in [-0.2, -0.15) is 0 Å². The maximum atomic E-state index is 11.5. The van der Waals surface area contributed by atoms with Crippen LogP contribution in [0.25, 0.3) is 10.1 Å². The van der Waals surface area contributed by atoms with E-state index < -0.39 is 0 Å². The third kappa shape index (κ3) is 1.73. The van der Waals surface area contributed by atoms with Crippen molar-refractivity contribution in [2.45, 2.75) is 6.54 Å². The maximum Gasteiger partial charge on any atom is 0.338 e. The van der Waals surface area contributed by atoms with Crippen molar-refractivity contribution in [3.05, 3.63) is 34.7 Å². The van der Waals surface area contributed by atoms with E-state index in [1.54, 1.807) is 17.4 Å². The number of methoxy groups -OCH3 is 1.